The normalized spacial score (nSPS) is 10.4. The van der Waals surface area contributed by atoms with Gasteiger partial charge >= 0.3 is 5.97 Å². The Balaban J connectivity index is 2.19. The van der Waals surface area contributed by atoms with Crippen molar-refractivity contribution in [1.29, 1.82) is 0 Å². The van der Waals surface area contributed by atoms with Crippen LogP contribution in [0.25, 0.3) is 0 Å². The number of nitrogens with zero attached hydrogens (tertiary/aromatic N) is 2. The number of carboxylic acid groups (broad SMARTS) is 1. The second-order valence-corrected chi connectivity index (χ2v) is 6.89. The minimum Gasteiger partial charge on any atom is -0.477 e. The van der Waals surface area contributed by atoms with Gasteiger partial charge in [-0.3, -0.25) is 20.2 Å². The average molecular weight is 366 g/mol. The molecule has 2 aromatic rings. The molecule has 0 saturated carbocycles. The van der Waals surface area contributed by atoms with E-state index in [1.165, 1.54) is 39.8 Å². The summed E-state index contributed by atoms with van der Waals surface area (Å²) in [6, 6.07) is 8.48. The van der Waals surface area contributed by atoms with E-state index in [9.17, 15) is 25.0 Å². The van der Waals surface area contributed by atoms with Crippen LogP contribution in [-0.2, 0) is 0 Å². The third-order valence-corrected chi connectivity index (χ3v) is 5.37. The minimum absolute atomic E-state index is 0.0212. The zero-order valence-corrected chi connectivity index (χ0v) is 13.8. The molecule has 0 atom stereocenters. The van der Waals surface area contributed by atoms with Crippen molar-refractivity contribution in [3.05, 3.63) is 67.8 Å². The van der Waals surface area contributed by atoms with Crippen LogP contribution in [0.15, 0.2) is 46.2 Å². The smallest absolute Gasteiger partial charge is 0.342 e. The van der Waals surface area contributed by atoms with Crippen molar-refractivity contribution in [3.63, 3.8) is 0 Å². The van der Waals surface area contributed by atoms with Crippen molar-refractivity contribution in [2.45, 2.75) is 16.7 Å². The predicted molar refractivity (Wildman–Crippen MR) is 89.6 cm³/mol. The van der Waals surface area contributed by atoms with Crippen LogP contribution in [0.3, 0.4) is 0 Å². The van der Waals surface area contributed by atoms with Crippen molar-refractivity contribution in [1.82, 2.24) is 0 Å². The van der Waals surface area contributed by atoms with Crippen molar-refractivity contribution in [2.75, 3.05) is 0 Å². The summed E-state index contributed by atoms with van der Waals surface area (Å²) in [5.74, 6) is -1.37. The van der Waals surface area contributed by atoms with E-state index < -0.39 is 21.5 Å². The molecule has 0 fully saturated rings. The van der Waals surface area contributed by atoms with E-state index in [2.05, 4.69) is 0 Å². The third kappa shape index (κ3) is 4.03. The highest BCUT2D eigenvalue weighted by Crippen LogP contribution is 2.40. The molecule has 0 saturated heterocycles. The number of hydrogen-bond acceptors (Lipinski definition) is 7. The van der Waals surface area contributed by atoms with Gasteiger partial charge in [0.25, 0.3) is 11.4 Å². The highest BCUT2D eigenvalue weighted by atomic mass is 33.1. The topological polar surface area (TPSA) is 124 Å². The summed E-state index contributed by atoms with van der Waals surface area (Å²) in [5.41, 5.74) is -0.318. The van der Waals surface area contributed by atoms with Crippen LogP contribution in [0.1, 0.15) is 15.9 Å². The molecular formula is C14H10N2O6S2. The fraction of sp³-hybridized carbons (Fsp3) is 0.0714. The molecule has 0 unspecified atom stereocenters. The molecule has 10 heteroatoms. The van der Waals surface area contributed by atoms with Crippen LogP contribution < -0.4 is 0 Å². The van der Waals surface area contributed by atoms with Gasteiger partial charge < -0.3 is 5.11 Å². The Labute approximate surface area is 143 Å². The van der Waals surface area contributed by atoms with Crippen LogP contribution in [0.4, 0.5) is 11.4 Å². The van der Waals surface area contributed by atoms with Crippen LogP contribution in [-0.4, -0.2) is 20.9 Å². The lowest BCUT2D eigenvalue weighted by atomic mass is 10.2. The van der Waals surface area contributed by atoms with Gasteiger partial charge in [0.15, 0.2) is 0 Å². The second-order valence-electron chi connectivity index (χ2n) is 4.61. The molecule has 2 rings (SSSR count). The minimum atomic E-state index is -1.37. The number of hydrogen-bond donors (Lipinski definition) is 1. The number of aryl methyl sites for hydroxylation is 1. The van der Waals surface area contributed by atoms with E-state index >= 15 is 0 Å². The lowest BCUT2D eigenvalue weighted by molar-refractivity contribution is -0.385. The van der Waals surface area contributed by atoms with Gasteiger partial charge in [-0.15, -0.1) is 0 Å². The number of benzene rings is 2. The Morgan fingerprint density at radius 2 is 1.46 bits per heavy atom. The number of aromatic carboxylic acids is 1. The predicted octanol–water partition coefficient (Wildman–Crippen LogP) is 4.31. The summed E-state index contributed by atoms with van der Waals surface area (Å²) in [6.07, 6.45) is 0. The maximum atomic E-state index is 11.1. The van der Waals surface area contributed by atoms with Crippen LogP contribution >= 0.6 is 21.6 Å². The Kier molecular flexibility index (Phi) is 5.42. The molecule has 0 aliphatic heterocycles. The number of nitro benzene ring substituents is 2. The van der Waals surface area contributed by atoms with Crippen LogP contribution in [0.5, 0.6) is 0 Å². The molecule has 0 aromatic heterocycles. The highest BCUT2D eigenvalue weighted by molar-refractivity contribution is 8.76. The van der Waals surface area contributed by atoms with E-state index in [0.717, 1.165) is 11.0 Å². The quantitative estimate of drug-likeness (QED) is 0.455. The van der Waals surface area contributed by atoms with Crippen molar-refractivity contribution >= 4 is 38.9 Å². The summed E-state index contributed by atoms with van der Waals surface area (Å²) < 4.78 is 0. The number of rotatable bonds is 6. The first-order valence-electron chi connectivity index (χ1n) is 6.41. The molecule has 1 N–H and O–H groups in total. The largest absolute Gasteiger partial charge is 0.477 e. The monoisotopic (exact) mass is 366 g/mol. The summed E-state index contributed by atoms with van der Waals surface area (Å²) in [5, 5.41) is 30.7. The maximum absolute atomic E-state index is 11.1. The van der Waals surface area contributed by atoms with Gasteiger partial charge in [0.1, 0.15) is 5.56 Å². The zero-order valence-electron chi connectivity index (χ0n) is 12.2. The molecule has 0 radical (unpaired) electrons. The number of carbonyl (C=O) groups is 1. The molecule has 2 aromatic carbocycles. The fourth-order valence-electron chi connectivity index (χ4n) is 1.88. The summed E-state index contributed by atoms with van der Waals surface area (Å²) in [6.45, 7) is 1.63. The zero-order chi connectivity index (χ0) is 17.9. The Morgan fingerprint density at radius 3 is 1.92 bits per heavy atom. The van der Waals surface area contributed by atoms with Crippen molar-refractivity contribution in [2.24, 2.45) is 0 Å². The molecule has 0 heterocycles. The average Bonchev–Trinajstić information content (AvgIpc) is 2.52. The van der Waals surface area contributed by atoms with Gasteiger partial charge in [-0.2, -0.15) is 0 Å². The van der Waals surface area contributed by atoms with Gasteiger partial charge in [-0.05, 0) is 31.2 Å². The maximum Gasteiger partial charge on any atom is 0.342 e. The Bertz CT molecular complexity index is 840. The Hall–Kier alpha value is -2.59. The van der Waals surface area contributed by atoms with E-state index in [4.69, 9.17) is 5.11 Å². The third-order valence-electron chi connectivity index (χ3n) is 2.99. The molecule has 8 nitrogen and oxygen atoms in total. The molecule has 0 aliphatic rings. The summed E-state index contributed by atoms with van der Waals surface area (Å²) >= 11 is 0. The SMILES string of the molecule is Cc1cc(SSc2ccc([N+](=O)[O-])c(C(=O)O)c2)ccc1[N+](=O)[O-]. The van der Waals surface area contributed by atoms with Crippen LogP contribution in [0.2, 0.25) is 0 Å². The molecule has 0 amide bonds. The van der Waals surface area contributed by atoms with Crippen LogP contribution in [0, 0.1) is 27.2 Å². The highest BCUT2D eigenvalue weighted by Gasteiger charge is 2.20. The standard InChI is InChI=1S/C14H10N2O6S2/c1-8-6-9(2-4-12(8)15(19)20)23-24-10-3-5-13(16(21)22)11(7-10)14(17)18/h2-7H,1H3,(H,17,18). The van der Waals surface area contributed by atoms with Gasteiger partial charge in [0, 0.05) is 27.5 Å². The molecular weight excluding hydrogens is 356 g/mol. The molecule has 24 heavy (non-hydrogen) atoms. The van der Waals surface area contributed by atoms with E-state index in [0.29, 0.717) is 10.5 Å². The van der Waals surface area contributed by atoms with Crippen molar-refractivity contribution in [3.8, 4) is 0 Å². The first-order chi connectivity index (χ1) is 11.3. The first-order valence-corrected chi connectivity index (χ1v) is 8.56. The molecule has 0 aliphatic carbocycles. The molecule has 0 spiro atoms. The summed E-state index contributed by atoms with van der Waals surface area (Å²) in [7, 11) is 2.48. The van der Waals surface area contributed by atoms with Gasteiger partial charge in [0.05, 0.1) is 9.85 Å². The summed E-state index contributed by atoms with van der Waals surface area (Å²) in [4.78, 5) is 32.8. The first kappa shape index (κ1) is 17.8. The Morgan fingerprint density at radius 1 is 0.958 bits per heavy atom. The lowest BCUT2D eigenvalue weighted by Gasteiger charge is -2.04. The van der Waals surface area contributed by atoms with Gasteiger partial charge in [-0.1, -0.05) is 21.6 Å². The number of nitro groups is 2. The van der Waals surface area contributed by atoms with E-state index in [-0.39, 0.29) is 11.3 Å². The van der Waals surface area contributed by atoms with E-state index in [1.807, 2.05) is 0 Å². The van der Waals surface area contributed by atoms with E-state index in [1.54, 1.807) is 19.1 Å². The lowest BCUT2D eigenvalue weighted by Crippen LogP contribution is -2.02. The number of carboxylic acids is 1. The second kappa shape index (κ2) is 7.32. The molecule has 124 valence electrons. The van der Waals surface area contributed by atoms with Gasteiger partial charge in [0.2, 0.25) is 0 Å². The van der Waals surface area contributed by atoms with Gasteiger partial charge in [-0.25, -0.2) is 4.79 Å². The fourth-order valence-corrected chi connectivity index (χ4v) is 3.91. The molecule has 0 bridgehead atoms. The van der Waals surface area contributed by atoms with Crippen molar-refractivity contribution < 1.29 is 19.7 Å².